The number of nitriles is 1. The van der Waals surface area contributed by atoms with E-state index in [0.29, 0.717) is 18.0 Å². The summed E-state index contributed by atoms with van der Waals surface area (Å²) in [6.45, 7) is 4.53. The molecule has 1 N–H and O–H groups in total. The van der Waals surface area contributed by atoms with Gasteiger partial charge in [0.15, 0.2) is 0 Å². The molecule has 1 atom stereocenters. The molecule has 0 fully saturated rings. The van der Waals surface area contributed by atoms with E-state index in [1.165, 1.54) is 5.56 Å². The monoisotopic (exact) mass is 267 g/mol. The van der Waals surface area contributed by atoms with Crippen LogP contribution in [0.5, 0.6) is 5.75 Å². The Kier molecular flexibility index (Phi) is 4.56. The average molecular weight is 267 g/mol. The lowest BCUT2D eigenvalue weighted by atomic mass is 10.2. The maximum Gasteiger partial charge on any atom is 0.144 e. The highest BCUT2D eigenvalue weighted by atomic mass is 16.5. The third-order valence-electron chi connectivity index (χ3n) is 2.83. The van der Waals surface area contributed by atoms with Crippen LogP contribution in [0.3, 0.4) is 0 Å². The number of aryl methyl sites for hydroxylation is 1. The molecule has 0 spiro atoms. The lowest BCUT2D eigenvalue weighted by Crippen LogP contribution is -2.24. The van der Waals surface area contributed by atoms with Crippen molar-refractivity contribution in [1.29, 1.82) is 5.26 Å². The van der Waals surface area contributed by atoms with E-state index < -0.39 is 0 Å². The van der Waals surface area contributed by atoms with Gasteiger partial charge < -0.3 is 10.1 Å². The highest BCUT2D eigenvalue weighted by molar-refractivity contribution is 5.51. The maximum absolute atomic E-state index is 9.00. The number of nitrogens with one attached hydrogen (secondary N) is 1. The first-order valence-electron chi connectivity index (χ1n) is 6.50. The number of aromatic nitrogens is 1. The smallest absolute Gasteiger partial charge is 0.144 e. The second-order valence-electron chi connectivity index (χ2n) is 4.68. The summed E-state index contributed by atoms with van der Waals surface area (Å²) < 4.78 is 5.70. The fraction of sp³-hybridized carbons (Fsp3) is 0.250. The first-order chi connectivity index (χ1) is 9.69. The number of pyridine rings is 1. The number of hydrogen-bond donors (Lipinski definition) is 1. The standard InChI is InChI=1S/C16H17N3O/c1-12-5-7-15(8-6-12)20-11-13(2)19-16-14(10-17)4-3-9-18-16/h3-9,13H,11H2,1-2H3,(H,18,19). The van der Waals surface area contributed by atoms with Crippen molar-refractivity contribution in [3.05, 3.63) is 53.7 Å². The fourth-order valence-corrected chi connectivity index (χ4v) is 1.74. The molecule has 2 rings (SSSR count). The Morgan fingerprint density at radius 1 is 1.30 bits per heavy atom. The Labute approximate surface area is 119 Å². The van der Waals surface area contributed by atoms with Crippen molar-refractivity contribution in [2.45, 2.75) is 19.9 Å². The zero-order chi connectivity index (χ0) is 14.4. The molecule has 1 heterocycles. The van der Waals surface area contributed by atoms with Crippen molar-refractivity contribution in [3.8, 4) is 11.8 Å². The summed E-state index contributed by atoms with van der Waals surface area (Å²) in [5.74, 6) is 1.43. The van der Waals surface area contributed by atoms with Crippen molar-refractivity contribution in [1.82, 2.24) is 4.98 Å². The van der Waals surface area contributed by atoms with E-state index in [-0.39, 0.29) is 6.04 Å². The Hall–Kier alpha value is -2.54. The predicted molar refractivity (Wildman–Crippen MR) is 78.7 cm³/mol. The molecule has 102 valence electrons. The Balaban J connectivity index is 1.91. The molecule has 4 heteroatoms. The summed E-state index contributed by atoms with van der Waals surface area (Å²) in [4.78, 5) is 4.17. The summed E-state index contributed by atoms with van der Waals surface area (Å²) >= 11 is 0. The highest BCUT2D eigenvalue weighted by Gasteiger charge is 2.07. The summed E-state index contributed by atoms with van der Waals surface area (Å²) in [7, 11) is 0. The number of rotatable bonds is 5. The van der Waals surface area contributed by atoms with Crippen molar-refractivity contribution in [2.24, 2.45) is 0 Å². The van der Waals surface area contributed by atoms with E-state index in [0.717, 1.165) is 5.75 Å². The molecule has 0 bridgehead atoms. The molecular formula is C16H17N3O. The Bertz CT molecular complexity index is 602. The molecule has 1 aromatic heterocycles. The van der Waals surface area contributed by atoms with Gasteiger partial charge in [0.05, 0.1) is 11.6 Å². The molecule has 0 aliphatic rings. The number of hydrogen-bond acceptors (Lipinski definition) is 4. The molecule has 0 radical (unpaired) electrons. The molecule has 1 unspecified atom stereocenters. The number of anilines is 1. The van der Waals surface area contributed by atoms with Gasteiger partial charge in [-0.15, -0.1) is 0 Å². The van der Waals surface area contributed by atoms with Crippen LogP contribution in [0.15, 0.2) is 42.6 Å². The summed E-state index contributed by atoms with van der Waals surface area (Å²) in [5.41, 5.74) is 1.74. The van der Waals surface area contributed by atoms with Gasteiger partial charge in [-0.25, -0.2) is 4.98 Å². The minimum absolute atomic E-state index is 0.0540. The maximum atomic E-state index is 9.00. The van der Waals surface area contributed by atoms with Gasteiger partial charge in [-0.3, -0.25) is 0 Å². The molecule has 0 saturated carbocycles. The molecule has 0 amide bonds. The minimum Gasteiger partial charge on any atom is -0.491 e. The number of ether oxygens (including phenoxy) is 1. The highest BCUT2D eigenvalue weighted by Crippen LogP contribution is 2.14. The molecule has 4 nitrogen and oxygen atoms in total. The van der Waals surface area contributed by atoms with Crippen molar-refractivity contribution in [3.63, 3.8) is 0 Å². The third kappa shape index (κ3) is 3.72. The van der Waals surface area contributed by atoms with Crippen LogP contribution < -0.4 is 10.1 Å². The lowest BCUT2D eigenvalue weighted by molar-refractivity contribution is 0.303. The number of nitrogens with zero attached hydrogens (tertiary/aromatic N) is 2. The summed E-state index contributed by atoms with van der Waals surface area (Å²) in [6, 6.07) is 13.6. The van der Waals surface area contributed by atoms with E-state index in [9.17, 15) is 0 Å². The zero-order valence-corrected chi connectivity index (χ0v) is 11.6. The van der Waals surface area contributed by atoms with Crippen LogP contribution in [-0.4, -0.2) is 17.6 Å². The quantitative estimate of drug-likeness (QED) is 0.904. The van der Waals surface area contributed by atoms with Gasteiger partial charge >= 0.3 is 0 Å². The van der Waals surface area contributed by atoms with E-state index in [4.69, 9.17) is 10.00 Å². The Morgan fingerprint density at radius 3 is 2.75 bits per heavy atom. The van der Waals surface area contributed by atoms with Crippen LogP contribution >= 0.6 is 0 Å². The molecule has 0 saturated heterocycles. The molecule has 0 aliphatic heterocycles. The van der Waals surface area contributed by atoms with Crippen molar-refractivity contribution >= 4 is 5.82 Å². The molecule has 1 aromatic carbocycles. The van der Waals surface area contributed by atoms with E-state index >= 15 is 0 Å². The minimum atomic E-state index is 0.0540. The van der Waals surface area contributed by atoms with Gasteiger partial charge in [-0.2, -0.15) is 5.26 Å². The van der Waals surface area contributed by atoms with Gasteiger partial charge in [-0.05, 0) is 38.1 Å². The van der Waals surface area contributed by atoms with Crippen molar-refractivity contribution < 1.29 is 4.74 Å². The summed E-state index contributed by atoms with van der Waals surface area (Å²) in [6.07, 6.45) is 1.66. The van der Waals surface area contributed by atoms with Gasteiger partial charge in [0, 0.05) is 6.20 Å². The van der Waals surface area contributed by atoms with E-state index in [2.05, 4.69) is 16.4 Å². The van der Waals surface area contributed by atoms with Gasteiger partial charge in [-0.1, -0.05) is 17.7 Å². The van der Waals surface area contributed by atoms with Crippen LogP contribution in [0.4, 0.5) is 5.82 Å². The van der Waals surface area contributed by atoms with Gasteiger partial charge in [0.2, 0.25) is 0 Å². The fourth-order valence-electron chi connectivity index (χ4n) is 1.74. The molecule has 20 heavy (non-hydrogen) atoms. The van der Waals surface area contributed by atoms with Crippen LogP contribution in [0.1, 0.15) is 18.1 Å². The first kappa shape index (κ1) is 13.9. The van der Waals surface area contributed by atoms with Crippen LogP contribution in [-0.2, 0) is 0 Å². The van der Waals surface area contributed by atoms with Crippen LogP contribution in [0, 0.1) is 18.3 Å². The van der Waals surface area contributed by atoms with Crippen LogP contribution in [0.2, 0.25) is 0 Å². The SMILES string of the molecule is Cc1ccc(OCC(C)Nc2ncccc2C#N)cc1. The molecule has 0 aliphatic carbocycles. The zero-order valence-electron chi connectivity index (χ0n) is 11.6. The lowest BCUT2D eigenvalue weighted by Gasteiger charge is -2.16. The average Bonchev–Trinajstić information content (AvgIpc) is 2.47. The van der Waals surface area contributed by atoms with Crippen molar-refractivity contribution in [2.75, 3.05) is 11.9 Å². The van der Waals surface area contributed by atoms with Crippen LogP contribution in [0.25, 0.3) is 0 Å². The summed E-state index contributed by atoms with van der Waals surface area (Å²) in [5, 5.41) is 12.2. The third-order valence-corrected chi connectivity index (χ3v) is 2.83. The second kappa shape index (κ2) is 6.58. The normalized spacial score (nSPS) is 11.4. The molecular weight excluding hydrogens is 250 g/mol. The predicted octanol–water partition coefficient (Wildman–Crippen LogP) is 3.14. The van der Waals surface area contributed by atoms with E-state index in [1.54, 1.807) is 18.3 Å². The van der Waals surface area contributed by atoms with E-state index in [1.807, 2.05) is 38.1 Å². The van der Waals surface area contributed by atoms with Gasteiger partial charge in [0.25, 0.3) is 0 Å². The van der Waals surface area contributed by atoms with Gasteiger partial charge in [0.1, 0.15) is 24.2 Å². The molecule has 2 aromatic rings. The Morgan fingerprint density at radius 2 is 2.05 bits per heavy atom. The largest absolute Gasteiger partial charge is 0.491 e. The second-order valence-corrected chi connectivity index (χ2v) is 4.68. The first-order valence-corrected chi connectivity index (χ1v) is 6.50. The number of benzene rings is 1. The topological polar surface area (TPSA) is 57.9 Å².